The minimum atomic E-state index is -0.982. The molecule has 2 aromatic carbocycles. The number of aromatic nitrogens is 4. The van der Waals surface area contributed by atoms with Crippen molar-refractivity contribution in [3.8, 4) is 22.9 Å². The van der Waals surface area contributed by atoms with Gasteiger partial charge in [0.25, 0.3) is 0 Å². The van der Waals surface area contributed by atoms with Crippen molar-refractivity contribution in [1.29, 1.82) is 0 Å². The Bertz CT molecular complexity index is 1020. The van der Waals surface area contributed by atoms with Gasteiger partial charge >= 0.3 is 6.09 Å². The summed E-state index contributed by atoms with van der Waals surface area (Å²) in [6.07, 6.45) is -1.90. The van der Waals surface area contributed by atoms with Gasteiger partial charge in [-0.1, -0.05) is 32.4 Å². The van der Waals surface area contributed by atoms with Crippen LogP contribution in [0.25, 0.3) is 11.4 Å². The molecule has 1 amide bonds. The zero-order chi connectivity index (χ0) is 22.6. The predicted molar refractivity (Wildman–Crippen MR) is 115 cm³/mol. The van der Waals surface area contributed by atoms with Gasteiger partial charge in [-0.25, -0.2) is 4.79 Å². The first-order chi connectivity index (χ1) is 14.7. The van der Waals surface area contributed by atoms with Gasteiger partial charge in [-0.2, -0.15) is 4.80 Å². The standard InChI is InChI=1S/C21H24ClN5O4/c1-21(2,3)18(17(12-28)31-20(23)29)27-25-19(24-26-27)13-4-8-15(9-5-13)30-16-10-6-14(22)7-11-16/h4-11,17-18,28H,12H2,1-3H3,(H2,23,29). The number of aliphatic hydroxyl groups is 1. The maximum Gasteiger partial charge on any atom is 0.404 e. The van der Waals surface area contributed by atoms with Gasteiger partial charge < -0.3 is 20.3 Å². The van der Waals surface area contributed by atoms with Gasteiger partial charge in [0, 0.05) is 10.6 Å². The van der Waals surface area contributed by atoms with Crippen LogP contribution in [0.15, 0.2) is 48.5 Å². The number of aliphatic hydroxyl groups excluding tert-OH is 1. The van der Waals surface area contributed by atoms with Crippen LogP contribution in [0.1, 0.15) is 26.8 Å². The third kappa shape index (κ3) is 5.71. The minimum Gasteiger partial charge on any atom is -0.457 e. The van der Waals surface area contributed by atoms with Gasteiger partial charge in [0.15, 0.2) is 6.10 Å². The molecule has 1 aromatic heterocycles. The molecule has 9 nitrogen and oxygen atoms in total. The molecule has 31 heavy (non-hydrogen) atoms. The smallest absolute Gasteiger partial charge is 0.404 e. The van der Waals surface area contributed by atoms with Gasteiger partial charge in [0.05, 0.1) is 6.61 Å². The van der Waals surface area contributed by atoms with Crippen molar-refractivity contribution < 1.29 is 19.4 Å². The number of halogens is 1. The molecule has 1 heterocycles. The maximum absolute atomic E-state index is 11.2. The number of nitrogens with two attached hydrogens (primary N) is 1. The Labute approximate surface area is 184 Å². The normalized spacial score (nSPS) is 13.5. The van der Waals surface area contributed by atoms with Crippen molar-refractivity contribution in [3.05, 3.63) is 53.6 Å². The van der Waals surface area contributed by atoms with Crippen LogP contribution < -0.4 is 10.5 Å². The van der Waals surface area contributed by atoms with Gasteiger partial charge in [-0.05, 0) is 59.2 Å². The Balaban J connectivity index is 1.81. The van der Waals surface area contributed by atoms with Crippen LogP contribution in [0.4, 0.5) is 4.79 Å². The largest absolute Gasteiger partial charge is 0.457 e. The first kappa shape index (κ1) is 22.5. The molecule has 2 unspecified atom stereocenters. The van der Waals surface area contributed by atoms with E-state index >= 15 is 0 Å². The van der Waals surface area contributed by atoms with E-state index in [1.54, 1.807) is 36.4 Å². The summed E-state index contributed by atoms with van der Waals surface area (Å²) in [5.74, 6) is 1.68. The molecule has 3 rings (SSSR count). The zero-order valence-electron chi connectivity index (χ0n) is 17.4. The number of carbonyl (C=O) groups excluding carboxylic acids is 1. The molecule has 0 saturated heterocycles. The lowest BCUT2D eigenvalue weighted by atomic mass is 9.84. The van der Waals surface area contributed by atoms with E-state index in [2.05, 4.69) is 15.4 Å². The van der Waals surface area contributed by atoms with E-state index in [-0.39, 0.29) is 0 Å². The zero-order valence-corrected chi connectivity index (χ0v) is 18.2. The molecule has 0 aliphatic carbocycles. The molecule has 0 saturated carbocycles. The number of nitrogens with zero attached hydrogens (tertiary/aromatic N) is 4. The molecule has 10 heteroatoms. The van der Waals surface area contributed by atoms with E-state index in [9.17, 15) is 9.90 Å². The molecule has 0 aliphatic heterocycles. The number of primary amides is 1. The van der Waals surface area contributed by atoms with Crippen molar-refractivity contribution in [3.63, 3.8) is 0 Å². The first-order valence-electron chi connectivity index (χ1n) is 9.57. The Hall–Kier alpha value is -3.17. The van der Waals surface area contributed by atoms with Gasteiger partial charge in [0.1, 0.15) is 17.5 Å². The molecule has 164 valence electrons. The fourth-order valence-electron chi connectivity index (χ4n) is 3.17. The monoisotopic (exact) mass is 445 g/mol. The van der Waals surface area contributed by atoms with Gasteiger partial charge in [-0.3, -0.25) is 0 Å². The molecule has 0 fully saturated rings. The minimum absolute atomic E-state index is 0.378. The predicted octanol–water partition coefficient (Wildman–Crippen LogP) is 3.83. The van der Waals surface area contributed by atoms with Crippen LogP contribution in [0, 0.1) is 5.41 Å². The van der Waals surface area contributed by atoms with E-state index in [0.717, 1.165) is 5.56 Å². The molecule has 3 aromatic rings. The van der Waals surface area contributed by atoms with Crippen molar-refractivity contribution in [2.24, 2.45) is 11.1 Å². The Morgan fingerprint density at radius 2 is 1.71 bits per heavy atom. The highest BCUT2D eigenvalue weighted by Crippen LogP contribution is 2.34. The Morgan fingerprint density at radius 1 is 1.13 bits per heavy atom. The van der Waals surface area contributed by atoms with Crippen molar-refractivity contribution in [2.45, 2.75) is 32.9 Å². The maximum atomic E-state index is 11.2. The number of carbonyl (C=O) groups is 1. The van der Waals surface area contributed by atoms with E-state index in [4.69, 9.17) is 26.8 Å². The first-order valence-corrected chi connectivity index (χ1v) is 9.95. The number of amides is 1. The van der Waals surface area contributed by atoms with Gasteiger partial charge in [-0.15, -0.1) is 10.2 Å². The number of tetrazole rings is 1. The third-order valence-corrected chi connectivity index (χ3v) is 4.78. The highest BCUT2D eigenvalue weighted by atomic mass is 35.5. The van der Waals surface area contributed by atoms with E-state index < -0.39 is 30.3 Å². The summed E-state index contributed by atoms with van der Waals surface area (Å²) in [6.45, 7) is 5.31. The number of ether oxygens (including phenoxy) is 2. The van der Waals surface area contributed by atoms with Crippen molar-refractivity contribution in [1.82, 2.24) is 20.2 Å². The molecule has 0 radical (unpaired) electrons. The Morgan fingerprint density at radius 3 is 2.23 bits per heavy atom. The third-order valence-electron chi connectivity index (χ3n) is 4.53. The molecule has 0 bridgehead atoms. The molecule has 2 atom stereocenters. The molecular weight excluding hydrogens is 422 g/mol. The second-order valence-electron chi connectivity index (χ2n) is 7.98. The lowest BCUT2D eigenvalue weighted by molar-refractivity contribution is -0.0136. The lowest BCUT2D eigenvalue weighted by Gasteiger charge is -2.33. The highest BCUT2D eigenvalue weighted by molar-refractivity contribution is 6.30. The van der Waals surface area contributed by atoms with Crippen LogP contribution in [-0.2, 0) is 4.74 Å². The van der Waals surface area contributed by atoms with Gasteiger partial charge in [0.2, 0.25) is 5.82 Å². The van der Waals surface area contributed by atoms with E-state index in [1.807, 2.05) is 32.9 Å². The lowest BCUT2D eigenvalue weighted by Crippen LogP contribution is -2.42. The number of hydrogen-bond donors (Lipinski definition) is 2. The molecule has 3 N–H and O–H groups in total. The second-order valence-corrected chi connectivity index (χ2v) is 8.42. The van der Waals surface area contributed by atoms with Crippen LogP contribution in [0.5, 0.6) is 11.5 Å². The summed E-state index contributed by atoms with van der Waals surface area (Å²) in [4.78, 5) is 12.6. The quantitative estimate of drug-likeness (QED) is 0.566. The fraction of sp³-hybridized carbons (Fsp3) is 0.333. The van der Waals surface area contributed by atoms with E-state index in [1.165, 1.54) is 4.80 Å². The Kier molecular flexibility index (Phi) is 6.77. The second kappa shape index (κ2) is 9.32. The van der Waals surface area contributed by atoms with Crippen molar-refractivity contribution in [2.75, 3.05) is 6.61 Å². The fourth-order valence-corrected chi connectivity index (χ4v) is 3.30. The number of rotatable bonds is 7. The highest BCUT2D eigenvalue weighted by Gasteiger charge is 2.38. The summed E-state index contributed by atoms with van der Waals surface area (Å²) in [6, 6.07) is 13.7. The number of benzene rings is 2. The summed E-state index contributed by atoms with van der Waals surface area (Å²) in [5, 5.41) is 23.0. The topological polar surface area (TPSA) is 125 Å². The van der Waals surface area contributed by atoms with Crippen LogP contribution in [-0.4, -0.2) is 44.1 Å². The number of hydrogen-bond acceptors (Lipinski definition) is 7. The van der Waals surface area contributed by atoms with Crippen LogP contribution in [0.3, 0.4) is 0 Å². The van der Waals surface area contributed by atoms with Crippen molar-refractivity contribution >= 4 is 17.7 Å². The van der Waals surface area contributed by atoms with E-state index in [0.29, 0.717) is 22.3 Å². The molecule has 0 spiro atoms. The van der Waals surface area contributed by atoms with Crippen LogP contribution >= 0.6 is 11.6 Å². The molecule has 0 aliphatic rings. The SMILES string of the molecule is CC(C)(C)C(C(CO)OC(N)=O)n1nnc(-c2ccc(Oc3ccc(Cl)cc3)cc2)n1. The summed E-state index contributed by atoms with van der Waals surface area (Å²) in [5.41, 5.74) is 5.40. The van der Waals surface area contributed by atoms with Crippen LogP contribution in [0.2, 0.25) is 5.02 Å². The average Bonchev–Trinajstić information content (AvgIpc) is 3.17. The summed E-state index contributed by atoms with van der Waals surface area (Å²) in [7, 11) is 0. The summed E-state index contributed by atoms with van der Waals surface area (Å²) < 4.78 is 10.9. The molecular formula is C21H24ClN5O4. The average molecular weight is 446 g/mol. The summed E-state index contributed by atoms with van der Waals surface area (Å²) >= 11 is 5.89.